The summed E-state index contributed by atoms with van der Waals surface area (Å²) in [6.07, 6.45) is 15.7. The number of benzene rings is 1. The molecule has 0 amide bonds. The lowest BCUT2D eigenvalue weighted by molar-refractivity contribution is -0.148. The number of aromatic nitrogens is 1. The molecule has 0 saturated heterocycles. The molecule has 3 saturated carbocycles. The smallest absolute Gasteiger partial charge is 0.0702 e. The van der Waals surface area contributed by atoms with Crippen LogP contribution in [0.5, 0.6) is 0 Å². The van der Waals surface area contributed by atoms with Crippen molar-refractivity contribution in [1.82, 2.24) is 4.98 Å². The molecule has 4 aliphatic rings. The van der Waals surface area contributed by atoms with Crippen LogP contribution in [0.2, 0.25) is 0 Å². The van der Waals surface area contributed by atoms with Gasteiger partial charge in [-0.2, -0.15) is 0 Å². The van der Waals surface area contributed by atoms with E-state index in [1.807, 2.05) is 6.20 Å². The van der Waals surface area contributed by atoms with Crippen molar-refractivity contribution in [2.24, 2.45) is 34.5 Å². The van der Waals surface area contributed by atoms with Crippen molar-refractivity contribution < 1.29 is 4.74 Å². The minimum atomic E-state index is -0.0208. The van der Waals surface area contributed by atoms with E-state index in [-0.39, 0.29) is 5.60 Å². The van der Waals surface area contributed by atoms with Crippen LogP contribution in [-0.2, 0) is 4.74 Å². The van der Waals surface area contributed by atoms with Crippen LogP contribution >= 0.6 is 0 Å². The first-order valence-electron chi connectivity index (χ1n) is 13.9. The summed E-state index contributed by atoms with van der Waals surface area (Å²) < 4.78 is 6.47. The number of fused-ring (bicyclic) bond motifs is 6. The molecule has 3 fully saturated rings. The second-order valence-corrected chi connectivity index (χ2v) is 13.5. The highest BCUT2D eigenvalue weighted by atomic mass is 16.5. The summed E-state index contributed by atoms with van der Waals surface area (Å²) >= 11 is 0. The highest BCUT2D eigenvalue weighted by Gasteiger charge is 2.58. The molecule has 2 aromatic rings. The Balaban J connectivity index is 1.23. The Kier molecular flexibility index (Phi) is 5.30. The maximum atomic E-state index is 6.47. The maximum absolute atomic E-state index is 6.47. The number of hydrogen-bond acceptors (Lipinski definition) is 2. The minimum absolute atomic E-state index is 0.0208. The fraction of sp³-hybridized carbons (Fsp3) is 0.656. The van der Waals surface area contributed by atoms with Crippen molar-refractivity contribution in [2.75, 3.05) is 0 Å². The van der Waals surface area contributed by atoms with Gasteiger partial charge < -0.3 is 4.74 Å². The van der Waals surface area contributed by atoms with Crippen molar-refractivity contribution in [2.45, 2.75) is 97.7 Å². The monoisotopic (exact) mass is 457 g/mol. The average Bonchev–Trinajstić information content (AvgIpc) is 3.15. The van der Waals surface area contributed by atoms with Crippen molar-refractivity contribution in [3.63, 3.8) is 0 Å². The number of rotatable bonds is 2. The molecule has 4 aliphatic carbocycles. The van der Waals surface area contributed by atoms with Crippen LogP contribution in [0.15, 0.2) is 42.6 Å². The van der Waals surface area contributed by atoms with Gasteiger partial charge in [-0.15, -0.1) is 0 Å². The van der Waals surface area contributed by atoms with Crippen LogP contribution in [0.3, 0.4) is 0 Å². The van der Waals surface area contributed by atoms with Gasteiger partial charge in [0.2, 0.25) is 0 Å². The first-order chi connectivity index (χ1) is 16.2. The van der Waals surface area contributed by atoms with E-state index < -0.39 is 0 Å². The van der Waals surface area contributed by atoms with Crippen LogP contribution in [0, 0.1) is 34.5 Å². The molecule has 0 spiro atoms. The Morgan fingerprint density at radius 2 is 1.82 bits per heavy atom. The molecule has 2 heteroatoms. The Labute approximate surface area is 206 Å². The number of nitrogens with zero attached hydrogens (tertiary/aromatic N) is 1. The summed E-state index contributed by atoms with van der Waals surface area (Å²) in [6.45, 7) is 11.9. The largest absolute Gasteiger partial charge is 0.373 e. The molecule has 1 heterocycles. The van der Waals surface area contributed by atoms with Gasteiger partial charge in [0.05, 0.1) is 17.2 Å². The first-order valence-corrected chi connectivity index (χ1v) is 13.9. The Morgan fingerprint density at radius 1 is 0.971 bits per heavy atom. The highest BCUT2D eigenvalue weighted by Crippen LogP contribution is 2.67. The molecular weight excluding hydrogens is 414 g/mol. The zero-order chi connectivity index (χ0) is 23.7. The van der Waals surface area contributed by atoms with Crippen molar-refractivity contribution >= 4 is 16.5 Å². The quantitative estimate of drug-likeness (QED) is 0.451. The lowest BCUT2D eigenvalue weighted by Crippen LogP contribution is -2.54. The molecular formula is C32H43NO. The van der Waals surface area contributed by atoms with E-state index in [9.17, 15) is 0 Å². The van der Waals surface area contributed by atoms with E-state index >= 15 is 0 Å². The van der Waals surface area contributed by atoms with Crippen molar-refractivity contribution in [1.29, 1.82) is 0 Å². The van der Waals surface area contributed by atoms with Gasteiger partial charge in [-0.1, -0.05) is 32.1 Å². The van der Waals surface area contributed by atoms with Crippen molar-refractivity contribution in [3.8, 4) is 0 Å². The van der Waals surface area contributed by atoms with Gasteiger partial charge in [-0.25, -0.2) is 0 Å². The summed E-state index contributed by atoms with van der Waals surface area (Å²) in [5, 5.41) is 1.27. The molecule has 0 bridgehead atoms. The lowest BCUT2D eigenvalue weighted by Gasteiger charge is -2.61. The lowest BCUT2D eigenvalue weighted by atomic mass is 9.44. The molecule has 0 radical (unpaired) electrons. The van der Waals surface area contributed by atoms with E-state index in [1.165, 1.54) is 62.3 Å². The van der Waals surface area contributed by atoms with Crippen LogP contribution in [-0.4, -0.2) is 16.7 Å². The molecule has 182 valence electrons. The molecule has 2 nitrogen and oxygen atoms in total. The number of allylic oxidation sites excluding steroid dienone is 2. The molecule has 0 unspecified atom stereocenters. The second-order valence-electron chi connectivity index (χ2n) is 13.5. The first kappa shape index (κ1) is 22.8. The van der Waals surface area contributed by atoms with E-state index in [4.69, 9.17) is 4.74 Å². The second kappa shape index (κ2) is 7.92. The van der Waals surface area contributed by atoms with Crippen LogP contribution in [0.4, 0.5) is 0 Å². The topological polar surface area (TPSA) is 22.1 Å². The van der Waals surface area contributed by atoms with Gasteiger partial charge in [0.1, 0.15) is 0 Å². The van der Waals surface area contributed by atoms with E-state index in [2.05, 4.69) is 76.0 Å². The molecule has 1 aromatic carbocycles. The number of hydrogen-bond donors (Lipinski definition) is 0. The molecule has 0 aliphatic heterocycles. The summed E-state index contributed by atoms with van der Waals surface area (Å²) in [4.78, 5) is 4.54. The maximum Gasteiger partial charge on any atom is 0.0702 e. The number of pyridine rings is 1. The van der Waals surface area contributed by atoms with Crippen LogP contribution < -0.4 is 0 Å². The zero-order valence-corrected chi connectivity index (χ0v) is 21.9. The third-order valence-corrected chi connectivity index (χ3v) is 10.6. The van der Waals surface area contributed by atoms with Gasteiger partial charge in [0.15, 0.2) is 0 Å². The summed E-state index contributed by atoms with van der Waals surface area (Å²) in [5.74, 6) is 3.44. The third kappa shape index (κ3) is 3.58. The predicted octanol–water partition coefficient (Wildman–Crippen LogP) is 8.45. The summed E-state index contributed by atoms with van der Waals surface area (Å²) in [6, 6.07) is 11.2. The van der Waals surface area contributed by atoms with Crippen molar-refractivity contribution in [3.05, 3.63) is 48.2 Å². The molecule has 34 heavy (non-hydrogen) atoms. The van der Waals surface area contributed by atoms with Crippen LogP contribution in [0.1, 0.15) is 91.5 Å². The molecule has 6 rings (SSSR count). The Hall–Kier alpha value is -1.67. The SMILES string of the molecule is CC(C)(C)O[C@@H]1CC[C@@]2(C)[C@@H](CC[C@@H]3[C@@H]2CC[C@]2(C)C(c4ccc5ncccc5c4)=CC[C@@H]32)C1. The van der Waals surface area contributed by atoms with Gasteiger partial charge >= 0.3 is 0 Å². The normalized spacial score (nSPS) is 39.8. The fourth-order valence-corrected chi connectivity index (χ4v) is 9.08. The highest BCUT2D eigenvalue weighted by molar-refractivity contribution is 5.85. The Morgan fingerprint density at radius 3 is 2.65 bits per heavy atom. The number of ether oxygens (including phenoxy) is 1. The van der Waals surface area contributed by atoms with E-state index in [0.29, 0.717) is 16.9 Å². The van der Waals surface area contributed by atoms with Crippen LogP contribution in [0.25, 0.3) is 16.5 Å². The summed E-state index contributed by atoms with van der Waals surface area (Å²) in [7, 11) is 0. The molecule has 1 aromatic heterocycles. The van der Waals surface area contributed by atoms with Gasteiger partial charge in [0, 0.05) is 11.6 Å². The Bertz CT molecular complexity index is 1110. The summed E-state index contributed by atoms with van der Waals surface area (Å²) in [5.41, 5.74) is 4.98. The van der Waals surface area contributed by atoms with Gasteiger partial charge in [-0.05, 0) is 136 Å². The zero-order valence-electron chi connectivity index (χ0n) is 21.9. The van der Waals surface area contributed by atoms with Gasteiger partial charge in [0.25, 0.3) is 0 Å². The molecule has 0 N–H and O–H groups in total. The molecule has 7 atom stereocenters. The average molecular weight is 458 g/mol. The van der Waals surface area contributed by atoms with E-state index in [1.54, 1.807) is 5.57 Å². The minimum Gasteiger partial charge on any atom is -0.373 e. The predicted molar refractivity (Wildman–Crippen MR) is 141 cm³/mol. The van der Waals surface area contributed by atoms with Gasteiger partial charge in [-0.3, -0.25) is 4.98 Å². The standard InChI is InChI=1S/C32H43NO/c1-30(2,3)34-24-14-16-31(4)23(20-24)9-10-25-27-12-11-26(32(27,5)17-15-28(25)31)21-8-13-29-22(19-21)7-6-18-33-29/h6-8,11,13,18-19,23-25,27-28H,9-10,12,14-17,20H2,1-5H3/t23-,24+,25-,27-,28-,31-,32+/m0/s1. The fourth-order valence-electron chi connectivity index (χ4n) is 9.08. The van der Waals surface area contributed by atoms with E-state index in [0.717, 1.165) is 29.2 Å². The third-order valence-electron chi connectivity index (χ3n) is 10.6.